The number of hydrogen-bond acceptors (Lipinski definition) is 2. The molecule has 0 bridgehead atoms. The fourth-order valence-electron chi connectivity index (χ4n) is 1.72. The van der Waals surface area contributed by atoms with Crippen molar-refractivity contribution in [3.8, 4) is 0 Å². The molecule has 3 heteroatoms. The van der Waals surface area contributed by atoms with Gasteiger partial charge >= 0.3 is 0 Å². The zero-order valence-electron chi connectivity index (χ0n) is 9.77. The van der Waals surface area contributed by atoms with Crippen molar-refractivity contribution in [2.45, 2.75) is 26.9 Å². The lowest BCUT2D eigenvalue weighted by Crippen LogP contribution is -2.00. The maximum atomic E-state index is 5.57. The third kappa shape index (κ3) is 2.31. The Kier molecular flexibility index (Phi) is 3.06. The number of benzene rings is 1. The fourth-order valence-corrected chi connectivity index (χ4v) is 1.72. The highest BCUT2D eigenvalue weighted by Gasteiger charge is 2.02. The second kappa shape index (κ2) is 4.49. The van der Waals surface area contributed by atoms with Crippen molar-refractivity contribution in [1.29, 1.82) is 0 Å². The van der Waals surface area contributed by atoms with E-state index < -0.39 is 0 Å². The molecule has 2 rings (SSSR count). The minimum Gasteiger partial charge on any atom is -0.330 e. The monoisotopic (exact) mass is 215 g/mol. The molecular formula is C13H17N3. The number of imidazole rings is 1. The van der Waals surface area contributed by atoms with Gasteiger partial charge in [-0.25, -0.2) is 4.98 Å². The van der Waals surface area contributed by atoms with Crippen LogP contribution in [-0.4, -0.2) is 9.55 Å². The van der Waals surface area contributed by atoms with E-state index in [1.165, 1.54) is 11.1 Å². The topological polar surface area (TPSA) is 43.8 Å². The van der Waals surface area contributed by atoms with Crippen LogP contribution in [0.3, 0.4) is 0 Å². The minimum absolute atomic E-state index is 0.502. The zero-order chi connectivity index (χ0) is 11.5. The molecule has 0 aliphatic carbocycles. The highest BCUT2D eigenvalue weighted by Crippen LogP contribution is 2.08. The van der Waals surface area contributed by atoms with Crippen LogP contribution in [0.4, 0.5) is 0 Å². The Balaban J connectivity index is 2.19. The maximum Gasteiger partial charge on any atom is 0.106 e. The van der Waals surface area contributed by atoms with Gasteiger partial charge < -0.3 is 10.3 Å². The van der Waals surface area contributed by atoms with E-state index in [2.05, 4.69) is 40.7 Å². The molecule has 0 aliphatic rings. The highest BCUT2D eigenvalue weighted by atomic mass is 15.1. The summed E-state index contributed by atoms with van der Waals surface area (Å²) in [5.41, 5.74) is 9.09. The maximum absolute atomic E-state index is 5.57. The summed E-state index contributed by atoms with van der Waals surface area (Å²) >= 11 is 0. The smallest absolute Gasteiger partial charge is 0.106 e. The molecule has 0 unspecified atom stereocenters. The van der Waals surface area contributed by atoms with Gasteiger partial charge in [-0.1, -0.05) is 29.8 Å². The van der Waals surface area contributed by atoms with Crippen LogP contribution in [0.15, 0.2) is 30.5 Å². The second-order valence-corrected chi connectivity index (χ2v) is 4.10. The third-order valence-corrected chi connectivity index (χ3v) is 2.71. The third-order valence-electron chi connectivity index (χ3n) is 2.71. The van der Waals surface area contributed by atoms with Crippen molar-refractivity contribution in [3.63, 3.8) is 0 Å². The van der Waals surface area contributed by atoms with Crippen molar-refractivity contribution < 1.29 is 0 Å². The van der Waals surface area contributed by atoms with Gasteiger partial charge in [-0.3, -0.25) is 0 Å². The molecule has 0 saturated carbocycles. The van der Waals surface area contributed by atoms with Gasteiger partial charge in [0.15, 0.2) is 0 Å². The van der Waals surface area contributed by atoms with Crippen LogP contribution in [0.1, 0.15) is 22.6 Å². The lowest BCUT2D eigenvalue weighted by Gasteiger charge is -2.05. The largest absolute Gasteiger partial charge is 0.330 e. The summed E-state index contributed by atoms with van der Waals surface area (Å²) in [5.74, 6) is 1.01. The Bertz CT molecular complexity index is 468. The van der Waals surface area contributed by atoms with E-state index in [0.29, 0.717) is 6.54 Å². The number of nitrogens with two attached hydrogens (primary N) is 1. The first-order chi connectivity index (χ1) is 7.69. The average Bonchev–Trinajstić information content (AvgIpc) is 2.63. The molecule has 0 atom stereocenters. The first-order valence-electron chi connectivity index (χ1n) is 5.47. The van der Waals surface area contributed by atoms with Gasteiger partial charge in [0.1, 0.15) is 5.82 Å². The molecule has 2 N–H and O–H groups in total. The summed E-state index contributed by atoms with van der Waals surface area (Å²) in [4.78, 5) is 4.38. The summed E-state index contributed by atoms with van der Waals surface area (Å²) in [7, 11) is 0. The Morgan fingerprint density at radius 3 is 2.44 bits per heavy atom. The highest BCUT2D eigenvalue weighted by molar-refractivity contribution is 5.22. The molecule has 0 amide bonds. The van der Waals surface area contributed by atoms with Gasteiger partial charge in [-0.15, -0.1) is 0 Å². The Morgan fingerprint density at radius 1 is 1.19 bits per heavy atom. The van der Waals surface area contributed by atoms with Gasteiger partial charge in [-0.05, 0) is 19.4 Å². The zero-order valence-corrected chi connectivity index (χ0v) is 9.77. The van der Waals surface area contributed by atoms with Gasteiger partial charge in [0.25, 0.3) is 0 Å². The molecule has 0 radical (unpaired) electrons. The first kappa shape index (κ1) is 10.9. The fraction of sp³-hybridized carbons (Fsp3) is 0.308. The van der Waals surface area contributed by atoms with Crippen molar-refractivity contribution in [3.05, 3.63) is 53.1 Å². The Morgan fingerprint density at radius 2 is 1.88 bits per heavy atom. The SMILES string of the molecule is Cc1ccc(Cn2cc(CN)nc2C)cc1. The summed E-state index contributed by atoms with van der Waals surface area (Å²) in [5, 5.41) is 0. The normalized spacial score (nSPS) is 10.7. The lowest BCUT2D eigenvalue weighted by atomic mass is 10.1. The molecule has 84 valence electrons. The van der Waals surface area contributed by atoms with E-state index in [1.807, 2.05) is 13.1 Å². The Hall–Kier alpha value is -1.61. The van der Waals surface area contributed by atoms with Crippen molar-refractivity contribution in [2.24, 2.45) is 5.73 Å². The molecule has 1 aromatic heterocycles. The number of aryl methyl sites for hydroxylation is 2. The molecule has 2 aromatic rings. The minimum atomic E-state index is 0.502. The quantitative estimate of drug-likeness (QED) is 0.851. The van der Waals surface area contributed by atoms with Gasteiger partial charge in [0.2, 0.25) is 0 Å². The summed E-state index contributed by atoms with van der Waals surface area (Å²) in [6, 6.07) is 8.56. The summed E-state index contributed by atoms with van der Waals surface area (Å²) in [6.07, 6.45) is 2.02. The summed E-state index contributed by atoms with van der Waals surface area (Å²) < 4.78 is 2.13. The number of nitrogens with zero attached hydrogens (tertiary/aromatic N) is 2. The van der Waals surface area contributed by atoms with Crippen LogP contribution in [-0.2, 0) is 13.1 Å². The predicted octanol–water partition coefficient (Wildman–Crippen LogP) is 2.01. The van der Waals surface area contributed by atoms with Crippen LogP contribution in [0.25, 0.3) is 0 Å². The van der Waals surface area contributed by atoms with Gasteiger partial charge in [0, 0.05) is 19.3 Å². The van der Waals surface area contributed by atoms with Crippen LogP contribution in [0.5, 0.6) is 0 Å². The predicted molar refractivity (Wildman–Crippen MR) is 65.1 cm³/mol. The van der Waals surface area contributed by atoms with E-state index in [1.54, 1.807) is 0 Å². The van der Waals surface area contributed by atoms with E-state index >= 15 is 0 Å². The summed E-state index contributed by atoms with van der Waals surface area (Å²) in [6.45, 7) is 5.47. The molecule has 0 spiro atoms. The van der Waals surface area contributed by atoms with Gasteiger partial charge in [0.05, 0.1) is 5.69 Å². The number of aromatic nitrogens is 2. The van der Waals surface area contributed by atoms with Crippen LogP contribution >= 0.6 is 0 Å². The second-order valence-electron chi connectivity index (χ2n) is 4.10. The molecule has 1 heterocycles. The molecule has 3 nitrogen and oxygen atoms in total. The van der Waals surface area contributed by atoms with E-state index in [0.717, 1.165) is 18.1 Å². The van der Waals surface area contributed by atoms with Crippen molar-refractivity contribution in [2.75, 3.05) is 0 Å². The van der Waals surface area contributed by atoms with E-state index in [-0.39, 0.29) is 0 Å². The van der Waals surface area contributed by atoms with Crippen molar-refractivity contribution in [1.82, 2.24) is 9.55 Å². The first-order valence-corrected chi connectivity index (χ1v) is 5.47. The molecule has 1 aromatic carbocycles. The number of rotatable bonds is 3. The molecular weight excluding hydrogens is 198 g/mol. The average molecular weight is 215 g/mol. The molecule has 0 aliphatic heterocycles. The van der Waals surface area contributed by atoms with Gasteiger partial charge in [-0.2, -0.15) is 0 Å². The molecule has 16 heavy (non-hydrogen) atoms. The van der Waals surface area contributed by atoms with Crippen LogP contribution < -0.4 is 5.73 Å². The molecule has 0 fully saturated rings. The molecule has 0 saturated heterocycles. The van der Waals surface area contributed by atoms with Crippen LogP contribution in [0.2, 0.25) is 0 Å². The Labute approximate surface area is 95.9 Å². The number of hydrogen-bond donors (Lipinski definition) is 1. The van der Waals surface area contributed by atoms with Crippen molar-refractivity contribution >= 4 is 0 Å². The standard InChI is InChI=1S/C13H17N3/c1-10-3-5-12(6-4-10)8-16-9-13(7-14)15-11(16)2/h3-6,9H,7-8,14H2,1-2H3. The van der Waals surface area contributed by atoms with Crippen LogP contribution in [0, 0.1) is 13.8 Å². The van der Waals surface area contributed by atoms with E-state index in [9.17, 15) is 0 Å². The van der Waals surface area contributed by atoms with E-state index in [4.69, 9.17) is 5.73 Å². The lowest BCUT2D eigenvalue weighted by molar-refractivity contribution is 0.761.